The van der Waals surface area contributed by atoms with Crippen LogP contribution < -0.4 is 10.6 Å². The van der Waals surface area contributed by atoms with Gasteiger partial charge in [-0.1, -0.05) is 0 Å². The van der Waals surface area contributed by atoms with Gasteiger partial charge in [0, 0.05) is 19.7 Å². The Bertz CT molecular complexity index is 411. The molecule has 0 aliphatic heterocycles. The zero-order chi connectivity index (χ0) is 13.1. The lowest BCUT2D eigenvalue weighted by molar-refractivity contribution is 0.202. The van der Waals surface area contributed by atoms with Gasteiger partial charge in [0.05, 0.1) is 12.8 Å². The van der Waals surface area contributed by atoms with Gasteiger partial charge >= 0.3 is 0 Å². The van der Waals surface area contributed by atoms with Crippen LogP contribution in [0.4, 0.5) is 16.2 Å². The molecule has 0 bridgehead atoms. The summed E-state index contributed by atoms with van der Waals surface area (Å²) in [7, 11) is 1.63. The van der Waals surface area contributed by atoms with E-state index in [0.29, 0.717) is 19.1 Å². The Kier molecular flexibility index (Phi) is 3.96. The Hall–Kier alpha value is -1.43. The number of hydrogen-bond acceptors (Lipinski definition) is 5. The van der Waals surface area contributed by atoms with Gasteiger partial charge in [-0.05, 0) is 25.7 Å². The largest absolute Gasteiger partial charge is 0.383 e. The van der Waals surface area contributed by atoms with Gasteiger partial charge in [0.15, 0.2) is 11.6 Å². The molecule has 1 fully saturated rings. The molecule has 1 heterocycles. The maximum atomic E-state index is 13.8. The Morgan fingerprint density at radius 1 is 1.61 bits per heavy atom. The Morgan fingerprint density at radius 3 is 2.94 bits per heavy atom. The second-order valence-electron chi connectivity index (χ2n) is 4.66. The second-order valence-corrected chi connectivity index (χ2v) is 4.66. The average molecular weight is 254 g/mol. The van der Waals surface area contributed by atoms with Crippen LogP contribution in [-0.4, -0.2) is 36.3 Å². The summed E-state index contributed by atoms with van der Waals surface area (Å²) in [6.45, 7) is 3.22. The number of nitrogens with two attached hydrogens (primary N) is 1. The van der Waals surface area contributed by atoms with Crippen LogP contribution in [0.1, 0.15) is 19.8 Å². The monoisotopic (exact) mass is 254 g/mol. The van der Waals surface area contributed by atoms with Crippen LogP contribution >= 0.6 is 0 Å². The molecular formula is C12H19FN4O. The molecule has 6 heteroatoms. The molecule has 0 aromatic carbocycles. The molecule has 5 nitrogen and oxygen atoms in total. The van der Waals surface area contributed by atoms with E-state index < -0.39 is 5.82 Å². The lowest BCUT2D eigenvalue weighted by Crippen LogP contribution is -2.38. The molecule has 0 saturated heterocycles. The van der Waals surface area contributed by atoms with E-state index in [1.165, 1.54) is 12.8 Å². The molecule has 100 valence electrons. The first-order valence-electron chi connectivity index (χ1n) is 6.17. The molecule has 1 atom stereocenters. The number of rotatable bonds is 6. The first kappa shape index (κ1) is 13.0. The number of halogens is 1. The van der Waals surface area contributed by atoms with Gasteiger partial charge in [0.25, 0.3) is 0 Å². The van der Waals surface area contributed by atoms with Crippen molar-refractivity contribution in [3.05, 3.63) is 12.0 Å². The topological polar surface area (TPSA) is 64.3 Å². The number of nitrogens with zero attached hydrogens (tertiary/aromatic N) is 3. The van der Waals surface area contributed by atoms with Crippen molar-refractivity contribution in [3.63, 3.8) is 0 Å². The molecule has 2 N–H and O–H groups in total. The molecule has 0 amide bonds. The van der Waals surface area contributed by atoms with Gasteiger partial charge in [0.1, 0.15) is 0 Å². The van der Waals surface area contributed by atoms with Gasteiger partial charge in [0.2, 0.25) is 5.95 Å². The van der Waals surface area contributed by atoms with Crippen LogP contribution in [0.2, 0.25) is 0 Å². The van der Waals surface area contributed by atoms with Crippen molar-refractivity contribution in [1.82, 2.24) is 9.97 Å². The molecule has 1 aliphatic carbocycles. The summed E-state index contributed by atoms with van der Waals surface area (Å²) in [5.74, 6) is 0.543. The lowest BCUT2D eigenvalue weighted by atomic mass is 10.2. The van der Waals surface area contributed by atoms with E-state index in [0.717, 1.165) is 6.20 Å². The maximum Gasteiger partial charge on any atom is 0.222 e. The van der Waals surface area contributed by atoms with Gasteiger partial charge in [-0.15, -0.1) is 0 Å². The molecule has 18 heavy (non-hydrogen) atoms. The summed E-state index contributed by atoms with van der Waals surface area (Å²) < 4.78 is 18.9. The van der Waals surface area contributed by atoms with Gasteiger partial charge < -0.3 is 15.4 Å². The Balaban J connectivity index is 2.22. The highest BCUT2D eigenvalue weighted by atomic mass is 19.1. The number of aromatic nitrogens is 2. The number of hydrogen-bond donors (Lipinski definition) is 1. The van der Waals surface area contributed by atoms with Gasteiger partial charge in [-0.2, -0.15) is 4.98 Å². The van der Waals surface area contributed by atoms with Crippen molar-refractivity contribution in [3.8, 4) is 0 Å². The fraction of sp³-hybridized carbons (Fsp3) is 0.667. The SMILES string of the molecule is COCCN(c1nc(N)ncc1F)C(C)C1CC1. The smallest absolute Gasteiger partial charge is 0.222 e. The van der Waals surface area contributed by atoms with Gasteiger partial charge in [-0.25, -0.2) is 9.37 Å². The molecular weight excluding hydrogens is 235 g/mol. The average Bonchev–Trinajstić information content (AvgIpc) is 3.17. The highest BCUT2D eigenvalue weighted by Crippen LogP contribution is 2.36. The van der Waals surface area contributed by atoms with Crippen molar-refractivity contribution in [2.75, 3.05) is 30.9 Å². The van der Waals surface area contributed by atoms with E-state index in [-0.39, 0.29) is 17.8 Å². The number of ether oxygens (including phenoxy) is 1. The van der Waals surface area contributed by atoms with Crippen molar-refractivity contribution >= 4 is 11.8 Å². The molecule has 1 aromatic rings. The van der Waals surface area contributed by atoms with Gasteiger partial charge in [-0.3, -0.25) is 0 Å². The van der Waals surface area contributed by atoms with E-state index >= 15 is 0 Å². The number of anilines is 2. The number of nitrogen functional groups attached to an aromatic ring is 1. The Morgan fingerprint density at radius 2 is 2.33 bits per heavy atom. The van der Waals surface area contributed by atoms with E-state index in [4.69, 9.17) is 10.5 Å². The van der Waals surface area contributed by atoms with Crippen LogP contribution in [0, 0.1) is 11.7 Å². The van der Waals surface area contributed by atoms with Crippen LogP contribution in [0.3, 0.4) is 0 Å². The molecule has 1 aliphatic rings. The molecule has 1 unspecified atom stereocenters. The normalized spacial score (nSPS) is 16.6. The van der Waals surface area contributed by atoms with E-state index in [1.807, 2.05) is 4.90 Å². The molecule has 1 aromatic heterocycles. The van der Waals surface area contributed by atoms with Crippen molar-refractivity contribution in [2.45, 2.75) is 25.8 Å². The predicted octanol–water partition coefficient (Wildman–Crippen LogP) is 1.45. The van der Waals surface area contributed by atoms with Crippen LogP contribution in [0.25, 0.3) is 0 Å². The standard InChI is InChI=1S/C12H19FN4O/c1-8(9-3-4-9)17(5-6-18-2)11-10(13)7-15-12(14)16-11/h7-9H,3-6H2,1-2H3,(H2,14,15,16). The number of methoxy groups -OCH3 is 1. The van der Waals surface area contributed by atoms with Crippen LogP contribution in [-0.2, 0) is 4.74 Å². The Labute approximate surface area is 106 Å². The highest BCUT2D eigenvalue weighted by Gasteiger charge is 2.33. The maximum absolute atomic E-state index is 13.8. The van der Waals surface area contributed by atoms with Crippen LogP contribution in [0.15, 0.2) is 6.20 Å². The predicted molar refractivity (Wildman–Crippen MR) is 67.8 cm³/mol. The minimum atomic E-state index is -0.437. The van der Waals surface area contributed by atoms with Crippen molar-refractivity contribution < 1.29 is 9.13 Å². The quantitative estimate of drug-likeness (QED) is 0.832. The zero-order valence-corrected chi connectivity index (χ0v) is 10.8. The first-order chi connectivity index (χ1) is 8.63. The summed E-state index contributed by atoms with van der Waals surface area (Å²) >= 11 is 0. The summed E-state index contributed by atoms with van der Waals surface area (Å²) in [5, 5.41) is 0. The fourth-order valence-corrected chi connectivity index (χ4v) is 2.10. The van der Waals surface area contributed by atoms with E-state index in [1.54, 1.807) is 7.11 Å². The summed E-state index contributed by atoms with van der Waals surface area (Å²) in [5.41, 5.74) is 5.54. The van der Waals surface area contributed by atoms with E-state index in [9.17, 15) is 4.39 Å². The third-order valence-corrected chi connectivity index (χ3v) is 3.35. The minimum absolute atomic E-state index is 0.0943. The third-order valence-electron chi connectivity index (χ3n) is 3.35. The fourth-order valence-electron chi connectivity index (χ4n) is 2.10. The molecule has 0 spiro atoms. The third kappa shape index (κ3) is 2.87. The summed E-state index contributed by atoms with van der Waals surface area (Å²) in [6, 6.07) is 0.240. The van der Waals surface area contributed by atoms with Crippen molar-refractivity contribution in [1.29, 1.82) is 0 Å². The highest BCUT2D eigenvalue weighted by molar-refractivity contribution is 5.44. The van der Waals surface area contributed by atoms with Crippen molar-refractivity contribution in [2.24, 2.45) is 5.92 Å². The molecule has 1 saturated carbocycles. The van der Waals surface area contributed by atoms with Crippen LogP contribution in [0.5, 0.6) is 0 Å². The second kappa shape index (κ2) is 5.48. The summed E-state index contributed by atoms with van der Waals surface area (Å²) in [6.07, 6.45) is 3.50. The summed E-state index contributed by atoms with van der Waals surface area (Å²) in [4.78, 5) is 9.60. The zero-order valence-electron chi connectivity index (χ0n) is 10.8. The molecule has 0 radical (unpaired) electrons. The molecule has 2 rings (SSSR count). The van der Waals surface area contributed by atoms with E-state index in [2.05, 4.69) is 16.9 Å². The lowest BCUT2D eigenvalue weighted by Gasteiger charge is -2.30. The minimum Gasteiger partial charge on any atom is -0.383 e. The first-order valence-corrected chi connectivity index (χ1v) is 6.17.